The van der Waals surface area contributed by atoms with Gasteiger partial charge in [0.1, 0.15) is 5.69 Å². The second-order valence-corrected chi connectivity index (χ2v) is 4.71. The van der Waals surface area contributed by atoms with Gasteiger partial charge < -0.3 is 14.8 Å². The van der Waals surface area contributed by atoms with E-state index in [0.29, 0.717) is 11.5 Å². The largest absolute Gasteiger partial charge is 0.454 e. The highest BCUT2D eigenvalue weighted by Gasteiger charge is 2.14. The highest BCUT2D eigenvalue weighted by molar-refractivity contribution is 6.03. The SMILES string of the molecule is O=C(/C=C/c1ccc2c(c1)OCO2)Nc1ccccc1[N+](=O)[O-]. The molecule has 0 unspecified atom stereocenters. The van der Waals surface area contributed by atoms with Crippen LogP contribution in [-0.4, -0.2) is 17.6 Å². The number of nitrogens with zero attached hydrogens (tertiary/aromatic N) is 1. The van der Waals surface area contributed by atoms with E-state index >= 15 is 0 Å². The van der Waals surface area contributed by atoms with Crippen molar-refractivity contribution < 1.29 is 19.2 Å². The lowest BCUT2D eigenvalue weighted by Crippen LogP contribution is -2.09. The highest BCUT2D eigenvalue weighted by Crippen LogP contribution is 2.32. The average Bonchev–Trinajstić information content (AvgIpc) is 3.01. The van der Waals surface area contributed by atoms with Crippen molar-refractivity contribution in [2.24, 2.45) is 0 Å². The molecule has 116 valence electrons. The molecular weight excluding hydrogens is 300 g/mol. The summed E-state index contributed by atoms with van der Waals surface area (Å²) in [5, 5.41) is 13.4. The van der Waals surface area contributed by atoms with Crippen molar-refractivity contribution in [2.75, 3.05) is 12.1 Å². The van der Waals surface area contributed by atoms with E-state index in [1.165, 1.54) is 24.3 Å². The van der Waals surface area contributed by atoms with Crippen LogP contribution in [0.25, 0.3) is 6.08 Å². The number of nitro groups is 1. The number of anilines is 1. The number of fused-ring (bicyclic) bond motifs is 1. The molecule has 0 fully saturated rings. The molecule has 0 aliphatic carbocycles. The topological polar surface area (TPSA) is 90.7 Å². The maximum Gasteiger partial charge on any atom is 0.292 e. The first-order chi connectivity index (χ1) is 11.1. The van der Waals surface area contributed by atoms with Crippen molar-refractivity contribution in [2.45, 2.75) is 0 Å². The molecule has 0 saturated heterocycles. The van der Waals surface area contributed by atoms with Crippen LogP contribution in [0.3, 0.4) is 0 Å². The Hall–Kier alpha value is -3.35. The molecule has 2 aromatic carbocycles. The first-order valence-corrected chi connectivity index (χ1v) is 6.75. The second kappa shape index (κ2) is 6.18. The summed E-state index contributed by atoms with van der Waals surface area (Å²) in [7, 11) is 0. The third-order valence-corrected chi connectivity index (χ3v) is 3.18. The molecule has 0 atom stereocenters. The molecule has 0 spiro atoms. The minimum atomic E-state index is -0.544. The highest BCUT2D eigenvalue weighted by atomic mass is 16.7. The second-order valence-electron chi connectivity index (χ2n) is 4.71. The lowest BCUT2D eigenvalue weighted by atomic mass is 10.2. The summed E-state index contributed by atoms with van der Waals surface area (Å²) in [6.45, 7) is 0.181. The van der Waals surface area contributed by atoms with Crippen LogP contribution in [0.4, 0.5) is 11.4 Å². The van der Waals surface area contributed by atoms with Crippen LogP contribution in [0, 0.1) is 10.1 Å². The van der Waals surface area contributed by atoms with Gasteiger partial charge in [-0.15, -0.1) is 0 Å². The van der Waals surface area contributed by atoms with Gasteiger partial charge >= 0.3 is 0 Å². The van der Waals surface area contributed by atoms with Crippen molar-refractivity contribution in [1.82, 2.24) is 0 Å². The molecule has 0 saturated carbocycles. The van der Waals surface area contributed by atoms with Gasteiger partial charge in [-0.2, -0.15) is 0 Å². The van der Waals surface area contributed by atoms with Gasteiger partial charge in [0.05, 0.1) is 4.92 Å². The molecule has 0 aromatic heterocycles. The quantitative estimate of drug-likeness (QED) is 0.532. The third-order valence-electron chi connectivity index (χ3n) is 3.18. The molecule has 7 heteroatoms. The van der Waals surface area contributed by atoms with Crippen LogP contribution < -0.4 is 14.8 Å². The van der Waals surface area contributed by atoms with E-state index in [1.54, 1.807) is 30.3 Å². The van der Waals surface area contributed by atoms with Gasteiger partial charge in [0.2, 0.25) is 12.7 Å². The predicted octanol–water partition coefficient (Wildman–Crippen LogP) is 2.98. The zero-order valence-corrected chi connectivity index (χ0v) is 11.9. The zero-order valence-electron chi connectivity index (χ0n) is 11.9. The van der Waals surface area contributed by atoms with Gasteiger partial charge in [-0.05, 0) is 29.8 Å². The number of nitrogens with one attached hydrogen (secondary N) is 1. The molecule has 2 aromatic rings. The van der Waals surface area contributed by atoms with E-state index in [4.69, 9.17) is 9.47 Å². The Labute approximate surface area is 131 Å². The fourth-order valence-electron chi connectivity index (χ4n) is 2.10. The number of amides is 1. The zero-order chi connectivity index (χ0) is 16.2. The van der Waals surface area contributed by atoms with Gasteiger partial charge in [-0.1, -0.05) is 18.2 Å². The standard InChI is InChI=1S/C16H12N2O5/c19-16(17-12-3-1-2-4-13(12)18(20)21)8-6-11-5-7-14-15(9-11)23-10-22-14/h1-9H,10H2,(H,17,19)/b8-6+. The predicted molar refractivity (Wildman–Crippen MR) is 83.3 cm³/mol. The van der Waals surface area contributed by atoms with Crippen molar-refractivity contribution in [3.8, 4) is 11.5 Å². The van der Waals surface area contributed by atoms with Gasteiger partial charge in [-0.3, -0.25) is 14.9 Å². The fourth-order valence-corrected chi connectivity index (χ4v) is 2.10. The van der Waals surface area contributed by atoms with Crippen LogP contribution >= 0.6 is 0 Å². The fraction of sp³-hybridized carbons (Fsp3) is 0.0625. The number of ether oxygens (including phenoxy) is 2. The summed E-state index contributed by atoms with van der Waals surface area (Å²) < 4.78 is 10.5. The smallest absolute Gasteiger partial charge is 0.292 e. The average molecular weight is 312 g/mol. The Morgan fingerprint density at radius 3 is 2.78 bits per heavy atom. The molecular formula is C16H12N2O5. The normalized spacial score (nSPS) is 12.3. The first kappa shape index (κ1) is 14.6. The number of carbonyl (C=O) groups is 1. The van der Waals surface area contributed by atoms with Gasteiger partial charge in [-0.25, -0.2) is 0 Å². The first-order valence-electron chi connectivity index (χ1n) is 6.75. The summed E-state index contributed by atoms with van der Waals surface area (Å²) in [4.78, 5) is 22.3. The lowest BCUT2D eigenvalue weighted by molar-refractivity contribution is -0.383. The van der Waals surface area contributed by atoms with Crippen LogP contribution in [0.2, 0.25) is 0 Å². The molecule has 7 nitrogen and oxygen atoms in total. The van der Waals surface area contributed by atoms with Crippen LogP contribution in [0.1, 0.15) is 5.56 Å². The van der Waals surface area contributed by atoms with Crippen molar-refractivity contribution in [1.29, 1.82) is 0 Å². The molecule has 0 radical (unpaired) electrons. The maximum atomic E-state index is 11.9. The molecule has 1 N–H and O–H groups in total. The molecule has 0 bridgehead atoms. The molecule has 1 aliphatic rings. The van der Waals surface area contributed by atoms with Gasteiger partial charge in [0.15, 0.2) is 11.5 Å². The Bertz CT molecular complexity index is 801. The Morgan fingerprint density at radius 2 is 1.96 bits per heavy atom. The Morgan fingerprint density at radius 1 is 1.17 bits per heavy atom. The molecule has 1 aliphatic heterocycles. The van der Waals surface area contributed by atoms with Crippen LogP contribution in [0.15, 0.2) is 48.5 Å². The Balaban J connectivity index is 1.71. The summed E-state index contributed by atoms with van der Waals surface area (Å²) in [6.07, 6.45) is 2.89. The maximum absolute atomic E-state index is 11.9. The third kappa shape index (κ3) is 3.29. The monoisotopic (exact) mass is 312 g/mol. The minimum absolute atomic E-state index is 0.151. The van der Waals surface area contributed by atoms with Crippen LogP contribution in [0.5, 0.6) is 11.5 Å². The number of hydrogen-bond acceptors (Lipinski definition) is 5. The number of hydrogen-bond donors (Lipinski definition) is 1. The van der Waals surface area contributed by atoms with E-state index in [9.17, 15) is 14.9 Å². The lowest BCUT2D eigenvalue weighted by Gasteiger charge is -2.03. The number of benzene rings is 2. The van der Waals surface area contributed by atoms with E-state index in [1.807, 2.05) is 0 Å². The number of para-hydroxylation sites is 2. The van der Waals surface area contributed by atoms with Crippen molar-refractivity contribution in [3.05, 3.63) is 64.2 Å². The molecule has 1 amide bonds. The minimum Gasteiger partial charge on any atom is -0.454 e. The molecule has 3 rings (SSSR count). The van der Waals surface area contributed by atoms with Crippen molar-refractivity contribution in [3.63, 3.8) is 0 Å². The van der Waals surface area contributed by atoms with Crippen LogP contribution in [-0.2, 0) is 4.79 Å². The summed E-state index contributed by atoms with van der Waals surface area (Å²) >= 11 is 0. The molecule has 23 heavy (non-hydrogen) atoms. The summed E-state index contributed by atoms with van der Waals surface area (Å²) in [5.41, 5.74) is 0.752. The van der Waals surface area contributed by atoms with E-state index in [2.05, 4.69) is 5.32 Å². The number of carbonyl (C=O) groups excluding carboxylic acids is 1. The van der Waals surface area contributed by atoms with Crippen molar-refractivity contribution >= 4 is 23.4 Å². The summed E-state index contributed by atoms with van der Waals surface area (Å²) in [6, 6.07) is 11.2. The van der Waals surface area contributed by atoms with Gasteiger partial charge in [0.25, 0.3) is 5.69 Å². The number of rotatable bonds is 4. The summed E-state index contributed by atoms with van der Waals surface area (Å²) in [5.74, 6) is 0.815. The van der Waals surface area contributed by atoms with E-state index in [-0.39, 0.29) is 18.2 Å². The number of nitro benzene ring substituents is 1. The van der Waals surface area contributed by atoms with E-state index < -0.39 is 10.8 Å². The van der Waals surface area contributed by atoms with Gasteiger partial charge in [0, 0.05) is 12.1 Å². The van der Waals surface area contributed by atoms with E-state index in [0.717, 1.165) is 5.56 Å². The Kier molecular flexibility index (Phi) is 3.92. The molecule has 1 heterocycles.